The second-order valence-corrected chi connectivity index (χ2v) is 6.63. The van der Waals surface area contributed by atoms with Gasteiger partial charge in [-0.1, -0.05) is 0 Å². The standard InChI is InChI=1S/C12H19N3O3S/c1-15-7-5-11(6-8-15)18-12-4-3-10(9-13-12)14-19(2,16)17/h3-4,9,11,14H,5-8H2,1-2H3. The Kier molecular flexibility index (Phi) is 4.26. The lowest BCUT2D eigenvalue weighted by molar-refractivity contribution is 0.110. The number of aromatic nitrogens is 1. The van der Waals surface area contributed by atoms with E-state index in [1.54, 1.807) is 12.1 Å². The molecule has 7 heteroatoms. The lowest BCUT2D eigenvalue weighted by Gasteiger charge is -2.28. The van der Waals surface area contributed by atoms with E-state index in [9.17, 15) is 8.42 Å². The van der Waals surface area contributed by atoms with Gasteiger partial charge in [0, 0.05) is 19.2 Å². The first-order valence-electron chi connectivity index (χ1n) is 6.21. The van der Waals surface area contributed by atoms with Crippen LogP contribution in [0.15, 0.2) is 18.3 Å². The van der Waals surface area contributed by atoms with Crippen LogP contribution >= 0.6 is 0 Å². The monoisotopic (exact) mass is 285 g/mol. The van der Waals surface area contributed by atoms with Crippen molar-refractivity contribution in [2.45, 2.75) is 18.9 Å². The van der Waals surface area contributed by atoms with Gasteiger partial charge in [0.05, 0.1) is 18.1 Å². The predicted molar refractivity (Wildman–Crippen MR) is 73.9 cm³/mol. The Morgan fingerprint density at radius 3 is 2.58 bits per heavy atom. The van der Waals surface area contributed by atoms with E-state index < -0.39 is 10.0 Å². The minimum absolute atomic E-state index is 0.192. The Bertz CT molecular complexity index is 508. The molecule has 1 aliphatic heterocycles. The summed E-state index contributed by atoms with van der Waals surface area (Å²) in [4.78, 5) is 6.38. The molecule has 0 aliphatic carbocycles. The highest BCUT2D eigenvalue weighted by atomic mass is 32.2. The molecule has 1 aromatic heterocycles. The number of rotatable bonds is 4. The van der Waals surface area contributed by atoms with Crippen molar-refractivity contribution in [3.63, 3.8) is 0 Å². The van der Waals surface area contributed by atoms with E-state index in [0.29, 0.717) is 11.6 Å². The van der Waals surface area contributed by atoms with Gasteiger partial charge in [0.2, 0.25) is 15.9 Å². The molecule has 0 saturated carbocycles. The van der Waals surface area contributed by atoms with Crippen LogP contribution in [0.5, 0.6) is 5.88 Å². The molecule has 0 atom stereocenters. The fourth-order valence-corrected chi connectivity index (χ4v) is 2.55. The summed E-state index contributed by atoms with van der Waals surface area (Å²) >= 11 is 0. The van der Waals surface area contributed by atoms with Crippen molar-refractivity contribution in [3.05, 3.63) is 18.3 Å². The zero-order chi connectivity index (χ0) is 13.9. The van der Waals surface area contributed by atoms with Crippen molar-refractivity contribution in [1.82, 2.24) is 9.88 Å². The summed E-state index contributed by atoms with van der Waals surface area (Å²) < 4.78 is 30.3. The maximum atomic E-state index is 11.1. The quantitative estimate of drug-likeness (QED) is 0.891. The number of pyridine rings is 1. The van der Waals surface area contributed by atoms with Crippen molar-refractivity contribution in [2.75, 3.05) is 31.1 Å². The Hall–Kier alpha value is -1.34. The first-order valence-corrected chi connectivity index (χ1v) is 8.10. The van der Waals surface area contributed by atoms with Gasteiger partial charge in [-0.2, -0.15) is 0 Å². The molecule has 1 aliphatic rings. The third kappa shape index (κ3) is 4.68. The Morgan fingerprint density at radius 2 is 2.05 bits per heavy atom. The third-order valence-corrected chi connectivity index (χ3v) is 3.60. The third-order valence-electron chi connectivity index (χ3n) is 2.99. The van der Waals surface area contributed by atoms with Crippen molar-refractivity contribution >= 4 is 15.7 Å². The normalized spacial score (nSPS) is 18.2. The van der Waals surface area contributed by atoms with Crippen LogP contribution in [0.4, 0.5) is 5.69 Å². The highest BCUT2D eigenvalue weighted by Crippen LogP contribution is 2.18. The topological polar surface area (TPSA) is 71.5 Å². The molecule has 0 spiro atoms. The van der Waals surface area contributed by atoms with Gasteiger partial charge in [0.15, 0.2) is 0 Å². The van der Waals surface area contributed by atoms with Crippen LogP contribution in [0.3, 0.4) is 0 Å². The first kappa shape index (κ1) is 14.1. The van der Waals surface area contributed by atoms with E-state index in [-0.39, 0.29) is 6.10 Å². The van der Waals surface area contributed by atoms with Gasteiger partial charge in [-0.3, -0.25) is 4.72 Å². The molecule has 1 fully saturated rings. The molecule has 0 bridgehead atoms. The molecule has 0 unspecified atom stereocenters. The molecule has 0 radical (unpaired) electrons. The summed E-state index contributed by atoms with van der Waals surface area (Å²) in [5.74, 6) is 0.536. The largest absolute Gasteiger partial charge is 0.474 e. The molecule has 2 rings (SSSR count). The van der Waals surface area contributed by atoms with Crippen LogP contribution in [0.1, 0.15) is 12.8 Å². The van der Waals surface area contributed by atoms with Crippen molar-refractivity contribution in [2.24, 2.45) is 0 Å². The SMILES string of the molecule is CN1CCC(Oc2ccc(NS(C)(=O)=O)cn2)CC1. The van der Waals surface area contributed by atoms with Gasteiger partial charge in [-0.25, -0.2) is 13.4 Å². The lowest BCUT2D eigenvalue weighted by Crippen LogP contribution is -2.35. The van der Waals surface area contributed by atoms with Crippen LogP contribution in [0.2, 0.25) is 0 Å². The Morgan fingerprint density at radius 1 is 1.37 bits per heavy atom. The highest BCUT2D eigenvalue weighted by molar-refractivity contribution is 7.92. The van der Waals surface area contributed by atoms with Gasteiger partial charge >= 0.3 is 0 Å². The number of anilines is 1. The molecular weight excluding hydrogens is 266 g/mol. The number of hydrogen-bond acceptors (Lipinski definition) is 5. The molecule has 1 N–H and O–H groups in total. The molecule has 1 aromatic rings. The molecule has 1 saturated heterocycles. The zero-order valence-corrected chi connectivity index (χ0v) is 12.0. The van der Waals surface area contributed by atoms with E-state index in [1.807, 2.05) is 0 Å². The van der Waals surface area contributed by atoms with Crippen molar-refractivity contribution < 1.29 is 13.2 Å². The summed E-state index contributed by atoms with van der Waals surface area (Å²) in [5.41, 5.74) is 0.443. The molecule has 2 heterocycles. The Balaban J connectivity index is 1.92. The highest BCUT2D eigenvalue weighted by Gasteiger charge is 2.18. The van der Waals surface area contributed by atoms with Crippen LogP contribution in [0, 0.1) is 0 Å². The van der Waals surface area contributed by atoms with E-state index in [0.717, 1.165) is 32.2 Å². The summed E-state index contributed by atoms with van der Waals surface area (Å²) in [6.07, 6.45) is 4.74. The van der Waals surface area contributed by atoms with Gasteiger partial charge in [0.1, 0.15) is 6.10 Å². The fraction of sp³-hybridized carbons (Fsp3) is 0.583. The summed E-state index contributed by atoms with van der Waals surface area (Å²) in [6.45, 7) is 2.05. The number of ether oxygens (including phenoxy) is 1. The van der Waals surface area contributed by atoms with E-state index in [4.69, 9.17) is 4.74 Å². The summed E-state index contributed by atoms with van der Waals surface area (Å²) in [7, 11) is -1.16. The smallest absolute Gasteiger partial charge is 0.229 e. The van der Waals surface area contributed by atoms with Crippen molar-refractivity contribution in [1.29, 1.82) is 0 Å². The van der Waals surface area contributed by atoms with Crippen LogP contribution < -0.4 is 9.46 Å². The summed E-state index contributed by atoms with van der Waals surface area (Å²) in [5, 5.41) is 0. The van der Waals surface area contributed by atoms with Gasteiger partial charge < -0.3 is 9.64 Å². The molecular formula is C12H19N3O3S. The van der Waals surface area contributed by atoms with Crippen LogP contribution in [-0.4, -0.2) is 50.8 Å². The average Bonchev–Trinajstić information content (AvgIpc) is 2.33. The van der Waals surface area contributed by atoms with Crippen LogP contribution in [0.25, 0.3) is 0 Å². The average molecular weight is 285 g/mol. The predicted octanol–water partition coefficient (Wildman–Crippen LogP) is 0.926. The number of nitrogens with one attached hydrogen (secondary N) is 1. The molecule has 106 valence electrons. The molecule has 0 aromatic carbocycles. The Labute approximate surface area is 113 Å². The maximum Gasteiger partial charge on any atom is 0.229 e. The maximum absolute atomic E-state index is 11.1. The first-order chi connectivity index (χ1) is 8.92. The van der Waals surface area contributed by atoms with Gasteiger partial charge in [-0.15, -0.1) is 0 Å². The molecule has 19 heavy (non-hydrogen) atoms. The van der Waals surface area contributed by atoms with Gasteiger partial charge in [0.25, 0.3) is 0 Å². The lowest BCUT2D eigenvalue weighted by atomic mass is 10.1. The van der Waals surface area contributed by atoms with Crippen LogP contribution in [-0.2, 0) is 10.0 Å². The molecule has 6 nitrogen and oxygen atoms in total. The number of likely N-dealkylation sites (tertiary alicyclic amines) is 1. The van der Waals surface area contributed by atoms with E-state index >= 15 is 0 Å². The number of nitrogens with zero attached hydrogens (tertiary/aromatic N) is 2. The minimum Gasteiger partial charge on any atom is -0.474 e. The van der Waals surface area contributed by atoms with E-state index in [2.05, 4.69) is 21.7 Å². The second kappa shape index (κ2) is 5.75. The van der Waals surface area contributed by atoms with Gasteiger partial charge in [-0.05, 0) is 26.0 Å². The number of sulfonamides is 1. The fourth-order valence-electron chi connectivity index (χ4n) is 2.00. The summed E-state index contributed by atoms with van der Waals surface area (Å²) in [6, 6.07) is 3.34. The zero-order valence-electron chi connectivity index (χ0n) is 11.2. The number of hydrogen-bond donors (Lipinski definition) is 1. The number of piperidine rings is 1. The molecule has 0 amide bonds. The van der Waals surface area contributed by atoms with E-state index in [1.165, 1.54) is 6.20 Å². The second-order valence-electron chi connectivity index (χ2n) is 4.88. The van der Waals surface area contributed by atoms with Crippen molar-refractivity contribution in [3.8, 4) is 5.88 Å². The minimum atomic E-state index is -3.26.